The monoisotopic (exact) mass is 1190 g/mol. The summed E-state index contributed by atoms with van der Waals surface area (Å²) in [4.78, 5) is 0. The van der Waals surface area contributed by atoms with Gasteiger partial charge in [0.15, 0.2) is 69.0 Å². The lowest BCUT2D eigenvalue weighted by atomic mass is 9.94. The Kier molecular flexibility index (Phi) is 24.4. The van der Waals surface area contributed by atoms with Crippen molar-refractivity contribution in [1.29, 1.82) is 0 Å². The maximum absolute atomic E-state index is 9.83. The van der Waals surface area contributed by atoms with Crippen LogP contribution >= 0.6 is 0 Å². The second-order valence-electron chi connectivity index (χ2n) is 23.1. The summed E-state index contributed by atoms with van der Waals surface area (Å²) in [7, 11) is 0. The first kappa shape index (κ1) is 62.8. The predicted molar refractivity (Wildman–Crippen MR) is 334 cm³/mol. The van der Waals surface area contributed by atoms with E-state index in [1.54, 1.807) is 0 Å². The molecule has 0 atom stereocenters. The lowest BCUT2D eigenvalue weighted by Gasteiger charge is -2.20. The van der Waals surface area contributed by atoms with Crippen molar-refractivity contribution in [2.75, 3.05) is 79.3 Å². The van der Waals surface area contributed by atoms with Crippen molar-refractivity contribution in [3.05, 3.63) is 141 Å². The average molecular weight is 1200 g/mol. The molecule has 3 N–H and O–H groups in total. The number of hydrogen-bond donors (Lipinski definition) is 3. The van der Waals surface area contributed by atoms with Gasteiger partial charge in [0, 0.05) is 0 Å². The summed E-state index contributed by atoms with van der Waals surface area (Å²) in [6.07, 6.45) is 17.4. The third kappa shape index (κ3) is 18.7. The molecule has 0 spiro atoms. The van der Waals surface area contributed by atoms with E-state index in [1.807, 2.05) is 54.6 Å². The third-order valence-corrected chi connectivity index (χ3v) is 16.3. The molecule has 6 aromatic rings. The maximum Gasteiger partial charge on any atom is 0.161 e. The number of ether oxygens (including phenoxy) is 12. The quantitative estimate of drug-likeness (QED) is 0.152. The fraction of sp³-hybridized carbons (Fsp3) is 0.500. The highest BCUT2D eigenvalue weighted by atomic mass is 16.5. The highest BCUT2D eigenvalue weighted by Gasteiger charge is 2.24. The zero-order valence-electron chi connectivity index (χ0n) is 50.9. The second kappa shape index (κ2) is 33.8. The zero-order valence-corrected chi connectivity index (χ0v) is 50.9. The van der Waals surface area contributed by atoms with Crippen LogP contribution in [0.1, 0.15) is 166 Å². The van der Waals surface area contributed by atoms with Crippen LogP contribution in [0.5, 0.6) is 69.0 Å². The molecular weight excluding hydrogens is 1100 g/mol. The highest BCUT2D eigenvalue weighted by Crippen LogP contribution is 2.42. The Balaban J connectivity index is 0.939. The van der Waals surface area contributed by atoms with E-state index >= 15 is 0 Å². The molecule has 468 valence electrons. The molecule has 3 heterocycles. The van der Waals surface area contributed by atoms with Crippen molar-refractivity contribution < 1.29 is 72.2 Å². The van der Waals surface area contributed by atoms with Crippen LogP contribution in [-0.2, 0) is 39.1 Å². The third-order valence-electron chi connectivity index (χ3n) is 16.3. The maximum atomic E-state index is 9.83. The fourth-order valence-corrected chi connectivity index (χ4v) is 11.3. The minimum atomic E-state index is -0.0581. The van der Waals surface area contributed by atoms with Gasteiger partial charge in [-0.3, -0.25) is 0 Å². The molecule has 15 heteroatoms. The van der Waals surface area contributed by atoms with Gasteiger partial charge in [-0.1, -0.05) is 18.2 Å². The lowest BCUT2D eigenvalue weighted by molar-refractivity contribution is 0.235. The molecule has 0 unspecified atom stereocenters. The number of hydrogen-bond acceptors (Lipinski definition) is 15. The van der Waals surface area contributed by atoms with Gasteiger partial charge in [0.2, 0.25) is 0 Å². The van der Waals surface area contributed by atoms with Gasteiger partial charge in [-0.25, -0.2) is 0 Å². The topological polar surface area (TPSA) is 171 Å². The van der Waals surface area contributed by atoms with E-state index in [1.165, 1.54) is 0 Å². The Morgan fingerprint density at radius 3 is 0.529 bits per heavy atom. The Labute approximate surface area is 514 Å². The van der Waals surface area contributed by atoms with Crippen LogP contribution in [0, 0.1) is 0 Å². The van der Waals surface area contributed by atoms with Crippen LogP contribution in [0.25, 0.3) is 0 Å². The Morgan fingerprint density at radius 2 is 0.356 bits per heavy atom. The molecule has 3 aliphatic heterocycles. The molecule has 0 amide bonds. The summed E-state index contributed by atoms with van der Waals surface area (Å²) in [5.74, 6) is 8.52. The lowest BCUT2D eigenvalue weighted by Crippen LogP contribution is -2.08. The van der Waals surface area contributed by atoms with E-state index < -0.39 is 0 Å². The van der Waals surface area contributed by atoms with E-state index in [0.717, 1.165) is 200 Å². The van der Waals surface area contributed by atoms with Crippen molar-refractivity contribution in [2.45, 2.75) is 155 Å². The predicted octanol–water partition coefficient (Wildman–Crippen LogP) is 14.0. The van der Waals surface area contributed by atoms with Gasteiger partial charge in [-0.05, 0) is 258 Å². The van der Waals surface area contributed by atoms with Crippen LogP contribution in [0.3, 0.4) is 0 Å². The molecular formula is C72H90O15. The van der Waals surface area contributed by atoms with Crippen molar-refractivity contribution in [3.8, 4) is 69.0 Å². The van der Waals surface area contributed by atoms with Crippen LogP contribution in [0.15, 0.2) is 91.0 Å². The molecule has 1 aliphatic carbocycles. The summed E-state index contributed by atoms with van der Waals surface area (Å²) in [5, 5.41) is 29.5. The molecule has 6 aromatic carbocycles. The molecule has 0 fully saturated rings. The summed E-state index contributed by atoms with van der Waals surface area (Å²) in [6, 6.07) is 30.2. The van der Waals surface area contributed by atoms with E-state index in [0.29, 0.717) is 133 Å². The number of benzene rings is 6. The molecule has 0 saturated heterocycles. The van der Waals surface area contributed by atoms with Gasteiger partial charge in [-0.2, -0.15) is 0 Å². The van der Waals surface area contributed by atoms with Crippen molar-refractivity contribution in [1.82, 2.24) is 0 Å². The van der Waals surface area contributed by atoms with Gasteiger partial charge in [0.1, 0.15) is 0 Å². The van der Waals surface area contributed by atoms with E-state index in [4.69, 9.17) is 56.8 Å². The van der Waals surface area contributed by atoms with Crippen molar-refractivity contribution >= 4 is 0 Å². The summed E-state index contributed by atoms with van der Waals surface area (Å²) < 4.78 is 77.9. The van der Waals surface area contributed by atoms with Crippen molar-refractivity contribution in [3.63, 3.8) is 0 Å². The van der Waals surface area contributed by atoms with E-state index in [9.17, 15) is 15.3 Å². The van der Waals surface area contributed by atoms with Crippen LogP contribution in [-0.4, -0.2) is 94.6 Å². The summed E-state index contributed by atoms with van der Waals surface area (Å²) in [6.45, 7) is 6.17. The minimum absolute atomic E-state index is 0.0581. The normalized spacial score (nSPS) is 17.6. The smallest absolute Gasteiger partial charge is 0.161 e. The minimum Gasteiger partial charge on any atom is -0.490 e. The molecule has 15 nitrogen and oxygen atoms in total. The Hall–Kier alpha value is -7.20. The van der Waals surface area contributed by atoms with Gasteiger partial charge in [0.05, 0.1) is 99.1 Å². The molecule has 4 aliphatic rings. The van der Waals surface area contributed by atoms with E-state index in [-0.39, 0.29) is 19.8 Å². The second-order valence-corrected chi connectivity index (χ2v) is 23.1. The molecule has 0 aromatic heterocycles. The molecule has 10 rings (SSSR count). The Bertz CT molecular complexity index is 2780. The molecule has 87 heavy (non-hydrogen) atoms. The molecule has 0 saturated carbocycles. The van der Waals surface area contributed by atoms with E-state index in [2.05, 4.69) is 36.4 Å². The number of aliphatic hydroxyl groups is 3. The molecule has 0 radical (unpaired) electrons. The summed E-state index contributed by atoms with van der Waals surface area (Å²) >= 11 is 0. The standard InChI is InChI=1S/C72H90O15/c73-49-52-19-22-61-64(37-52)79-28-10-4-16-34-85-70-46-58-41-56-44-68-72(87-36-18-6-12-30-81-66-39-54(51-75)21-24-63(66)77-26-8-2-14-32-83-68)48-60(56)42-57-45-69-71(47-59(57)40-55(58)43-67(70)82-31-13-1-7-25-76-61)86-35-17-5-11-29-80-65-38-53(50-74)20-23-62(65)78-27-9-3-15-33-84-69/h19-24,37-39,43-48,73-75H,1-18,25-36,40-42,49-51H2. The summed E-state index contributed by atoms with van der Waals surface area (Å²) in [5.41, 5.74) is 9.27. The first-order valence-electron chi connectivity index (χ1n) is 32.2. The largest absolute Gasteiger partial charge is 0.490 e. The molecule has 0 bridgehead atoms. The number of fused-ring (bicyclic) bond motifs is 9. The zero-order chi connectivity index (χ0) is 59.7. The van der Waals surface area contributed by atoms with Crippen LogP contribution < -0.4 is 56.8 Å². The van der Waals surface area contributed by atoms with Gasteiger partial charge >= 0.3 is 0 Å². The highest BCUT2D eigenvalue weighted by molar-refractivity contribution is 5.58. The van der Waals surface area contributed by atoms with Gasteiger partial charge in [-0.15, -0.1) is 0 Å². The fourth-order valence-electron chi connectivity index (χ4n) is 11.3. The first-order valence-corrected chi connectivity index (χ1v) is 32.2. The SMILES string of the molecule is OCc1ccc2c(c1)OCCCCCOc1cc3c(cc1OCCCCCO2)Cc1cc2c(cc1Cc1cc4c(cc1C3)OCCCCCOc1ccc(CO)cc1OCCCCCO4)OCCCCCOc1ccc(CO)cc1OCCCCCO2. The first-order chi connectivity index (χ1) is 43.0. The number of aliphatic hydroxyl groups excluding tert-OH is 3. The van der Waals surface area contributed by atoms with Crippen LogP contribution in [0.4, 0.5) is 0 Å². The number of rotatable bonds is 3. The van der Waals surface area contributed by atoms with Crippen molar-refractivity contribution in [2.24, 2.45) is 0 Å². The van der Waals surface area contributed by atoms with Gasteiger partial charge in [0.25, 0.3) is 0 Å². The van der Waals surface area contributed by atoms with Crippen LogP contribution in [0.2, 0.25) is 0 Å². The Morgan fingerprint density at radius 1 is 0.195 bits per heavy atom. The average Bonchev–Trinajstić information content (AvgIpc) is 3.68. The van der Waals surface area contributed by atoms with Gasteiger partial charge < -0.3 is 72.2 Å².